The molecule has 0 saturated carbocycles. The summed E-state index contributed by atoms with van der Waals surface area (Å²) in [6.07, 6.45) is 2.71. The Labute approximate surface area is 119 Å². The van der Waals surface area contributed by atoms with E-state index in [4.69, 9.17) is 17.3 Å². The van der Waals surface area contributed by atoms with Crippen molar-refractivity contribution in [2.24, 2.45) is 5.73 Å². The van der Waals surface area contributed by atoms with Gasteiger partial charge in [0.15, 0.2) is 0 Å². The minimum absolute atomic E-state index is 0.0564. The molecule has 0 aliphatic heterocycles. The van der Waals surface area contributed by atoms with E-state index in [0.717, 1.165) is 22.2 Å². The summed E-state index contributed by atoms with van der Waals surface area (Å²) in [6, 6.07) is 5.73. The first kappa shape index (κ1) is 13.5. The molecule has 96 valence electrons. The van der Waals surface area contributed by atoms with Crippen LogP contribution in [0.25, 0.3) is 0 Å². The number of benzene rings is 1. The number of hydrogen-bond acceptors (Lipinski definition) is 3. The van der Waals surface area contributed by atoms with Crippen LogP contribution in [-0.2, 0) is 6.54 Å². The Morgan fingerprint density at radius 2 is 2.28 bits per heavy atom. The number of nitrogens with two attached hydrogens (primary N) is 1. The lowest BCUT2D eigenvalue weighted by molar-refractivity contribution is 0.644. The second-order valence-corrected chi connectivity index (χ2v) is 5.41. The summed E-state index contributed by atoms with van der Waals surface area (Å²) in [5, 5.41) is 8.84. The second-order valence-electron chi connectivity index (χ2n) is 4.09. The Morgan fingerprint density at radius 3 is 2.94 bits per heavy atom. The normalized spacial score (nSPS) is 12.7. The highest BCUT2D eigenvalue weighted by molar-refractivity contribution is 9.10. The van der Waals surface area contributed by atoms with Gasteiger partial charge in [0.1, 0.15) is 0 Å². The Bertz CT molecular complexity index is 541. The molecule has 0 amide bonds. The average Bonchev–Trinajstić information content (AvgIpc) is 2.80. The summed E-state index contributed by atoms with van der Waals surface area (Å²) >= 11 is 9.54. The highest BCUT2D eigenvalue weighted by atomic mass is 79.9. The zero-order valence-corrected chi connectivity index (χ0v) is 12.3. The molecule has 2 aromatic rings. The molecule has 0 aliphatic carbocycles. The zero-order valence-electron chi connectivity index (χ0n) is 9.98. The molecule has 0 saturated heterocycles. The van der Waals surface area contributed by atoms with Crippen LogP contribution in [0.4, 0.5) is 0 Å². The molecular weight excluding hydrogens is 316 g/mol. The van der Waals surface area contributed by atoms with Gasteiger partial charge in [-0.2, -0.15) is 0 Å². The molecule has 2 rings (SSSR count). The molecule has 0 aliphatic rings. The lowest BCUT2D eigenvalue weighted by Crippen LogP contribution is -2.08. The average molecular weight is 330 g/mol. The van der Waals surface area contributed by atoms with Crippen LogP contribution >= 0.6 is 27.5 Å². The van der Waals surface area contributed by atoms with E-state index in [1.54, 1.807) is 4.68 Å². The lowest BCUT2D eigenvalue weighted by atomic mass is 10.2. The summed E-state index contributed by atoms with van der Waals surface area (Å²) in [5.74, 6) is 0. The maximum absolute atomic E-state index is 6.16. The number of halogens is 2. The van der Waals surface area contributed by atoms with E-state index >= 15 is 0 Å². The van der Waals surface area contributed by atoms with Crippen LogP contribution in [0.3, 0.4) is 0 Å². The molecule has 0 radical (unpaired) electrons. The van der Waals surface area contributed by atoms with Crippen molar-refractivity contribution < 1.29 is 0 Å². The second kappa shape index (κ2) is 5.82. The van der Waals surface area contributed by atoms with E-state index in [1.807, 2.05) is 31.3 Å². The fraction of sp³-hybridized carbons (Fsp3) is 0.333. The third kappa shape index (κ3) is 3.10. The Hall–Kier alpha value is -0.910. The van der Waals surface area contributed by atoms with Crippen molar-refractivity contribution in [1.82, 2.24) is 15.0 Å². The van der Waals surface area contributed by atoms with E-state index in [2.05, 4.69) is 26.2 Å². The summed E-state index contributed by atoms with van der Waals surface area (Å²) in [7, 11) is 0. The van der Waals surface area contributed by atoms with Gasteiger partial charge >= 0.3 is 0 Å². The predicted molar refractivity (Wildman–Crippen MR) is 75.5 cm³/mol. The van der Waals surface area contributed by atoms with E-state index < -0.39 is 0 Å². The van der Waals surface area contributed by atoms with Crippen LogP contribution in [0.1, 0.15) is 30.6 Å². The molecule has 0 bridgehead atoms. The van der Waals surface area contributed by atoms with Gasteiger partial charge in [0, 0.05) is 9.50 Å². The maximum Gasteiger partial charge on any atom is 0.0994 e. The summed E-state index contributed by atoms with van der Waals surface area (Å²) in [5.41, 5.74) is 7.71. The lowest BCUT2D eigenvalue weighted by Gasteiger charge is -2.04. The first-order valence-electron chi connectivity index (χ1n) is 5.69. The SMILES string of the molecule is CCC(N)c1cn(Cc2ccc(Br)cc2Cl)nn1. The predicted octanol–water partition coefficient (Wildman–Crippen LogP) is 3.15. The molecule has 18 heavy (non-hydrogen) atoms. The first-order chi connectivity index (χ1) is 8.60. The number of hydrogen-bond donors (Lipinski definition) is 1. The van der Waals surface area contributed by atoms with Crippen LogP contribution in [0.5, 0.6) is 0 Å². The summed E-state index contributed by atoms with van der Waals surface area (Å²) in [6.45, 7) is 2.62. The van der Waals surface area contributed by atoms with Crippen LogP contribution in [0.2, 0.25) is 5.02 Å². The van der Waals surface area contributed by atoms with Gasteiger partial charge in [-0.05, 0) is 24.1 Å². The van der Waals surface area contributed by atoms with Crippen LogP contribution in [-0.4, -0.2) is 15.0 Å². The standard InChI is InChI=1S/C12H14BrClN4/c1-2-11(15)12-7-18(17-16-12)6-8-3-4-9(13)5-10(8)14/h3-5,7,11H,2,6,15H2,1H3. The minimum atomic E-state index is -0.0564. The van der Waals surface area contributed by atoms with Crippen molar-refractivity contribution in [2.75, 3.05) is 0 Å². The van der Waals surface area contributed by atoms with Crippen molar-refractivity contribution in [3.63, 3.8) is 0 Å². The molecule has 1 atom stereocenters. The smallest absolute Gasteiger partial charge is 0.0994 e. The topological polar surface area (TPSA) is 56.7 Å². The Kier molecular flexibility index (Phi) is 4.37. The molecule has 1 aromatic heterocycles. The number of aromatic nitrogens is 3. The molecule has 1 aromatic carbocycles. The zero-order chi connectivity index (χ0) is 13.1. The van der Waals surface area contributed by atoms with E-state index in [1.165, 1.54) is 0 Å². The number of nitrogens with zero attached hydrogens (tertiary/aromatic N) is 3. The van der Waals surface area contributed by atoms with Crippen molar-refractivity contribution in [2.45, 2.75) is 25.9 Å². The fourth-order valence-corrected chi connectivity index (χ4v) is 2.33. The molecule has 1 unspecified atom stereocenters. The van der Waals surface area contributed by atoms with Gasteiger partial charge in [-0.1, -0.05) is 45.7 Å². The Balaban J connectivity index is 2.16. The first-order valence-corrected chi connectivity index (χ1v) is 6.86. The summed E-state index contributed by atoms with van der Waals surface area (Å²) < 4.78 is 2.71. The molecule has 6 heteroatoms. The van der Waals surface area contributed by atoms with Crippen molar-refractivity contribution in [1.29, 1.82) is 0 Å². The highest BCUT2D eigenvalue weighted by Gasteiger charge is 2.09. The third-order valence-corrected chi connectivity index (χ3v) is 3.57. The molecule has 0 spiro atoms. The number of rotatable bonds is 4. The van der Waals surface area contributed by atoms with Gasteiger partial charge in [0.2, 0.25) is 0 Å². The van der Waals surface area contributed by atoms with Crippen LogP contribution in [0.15, 0.2) is 28.9 Å². The van der Waals surface area contributed by atoms with Crippen molar-refractivity contribution in [3.05, 3.63) is 45.1 Å². The quantitative estimate of drug-likeness (QED) is 0.937. The summed E-state index contributed by atoms with van der Waals surface area (Å²) in [4.78, 5) is 0. The molecular formula is C12H14BrClN4. The van der Waals surface area contributed by atoms with Crippen LogP contribution < -0.4 is 5.73 Å². The minimum Gasteiger partial charge on any atom is -0.323 e. The van der Waals surface area contributed by atoms with Gasteiger partial charge < -0.3 is 5.73 Å². The Morgan fingerprint density at radius 1 is 1.50 bits per heavy atom. The van der Waals surface area contributed by atoms with E-state index in [0.29, 0.717) is 11.6 Å². The molecule has 0 fully saturated rings. The fourth-order valence-electron chi connectivity index (χ4n) is 1.59. The van der Waals surface area contributed by atoms with Crippen molar-refractivity contribution in [3.8, 4) is 0 Å². The van der Waals surface area contributed by atoms with Gasteiger partial charge in [0.05, 0.1) is 24.5 Å². The van der Waals surface area contributed by atoms with Gasteiger partial charge in [-0.25, -0.2) is 4.68 Å². The van der Waals surface area contributed by atoms with Gasteiger partial charge in [-0.15, -0.1) is 5.10 Å². The van der Waals surface area contributed by atoms with Gasteiger partial charge in [0.25, 0.3) is 0 Å². The largest absolute Gasteiger partial charge is 0.323 e. The maximum atomic E-state index is 6.16. The highest BCUT2D eigenvalue weighted by Crippen LogP contribution is 2.22. The van der Waals surface area contributed by atoms with Crippen molar-refractivity contribution >= 4 is 27.5 Å². The van der Waals surface area contributed by atoms with E-state index in [-0.39, 0.29) is 6.04 Å². The monoisotopic (exact) mass is 328 g/mol. The molecule has 4 nitrogen and oxygen atoms in total. The molecule has 2 N–H and O–H groups in total. The molecule has 1 heterocycles. The third-order valence-electron chi connectivity index (χ3n) is 2.72. The van der Waals surface area contributed by atoms with Crippen LogP contribution in [0, 0.1) is 0 Å². The van der Waals surface area contributed by atoms with E-state index in [9.17, 15) is 0 Å². The van der Waals surface area contributed by atoms with Gasteiger partial charge in [-0.3, -0.25) is 0 Å².